The molecule has 5 heteroatoms. The normalized spacial score (nSPS) is 11.3. The second kappa shape index (κ2) is 34.9. The summed E-state index contributed by atoms with van der Waals surface area (Å²) in [5, 5.41) is 3.13. The van der Waals surface area contributed by atoms with Gasteiger partial charge in [-0.05, 0) is 25.2 Å². The second-order valence-electron chi connectivity index (χ2n) is 13.6. The lowest BCUT2D eigenvalue weighted by Crippen LogP contribution is -3.08. The van der Waals surface area contributed by atoms with Gasteiger partial charge in [-0.2, -0.15) is 0 Å². The summed E-state index contributed by atoms with van der Waals surface area (Å²) in [5.41, 5.74) is 0. The topological polar surface area (TPSA) is 50.6 Å². The molecular weight excluding hydrogens is 540 g/mol. The Morgan fingerprint density at radius 1 is 0.476 bits per heavy atom. The van der Waals surface area contributed by atoms with Crippen molar-refractivity contribution >= 4 is 11.8 Å². The predicted molar refractivity (Wildman–Crippen MR) is 180 cm³/mol. The first-order valence-electron chi connectivity index (χ1n) is 18.5. The molecule has 0 aliphatic heterocycles. The Labute approximate surface area is 270 Å². The first kappa shape index (κ1) is 43.5. The van der Waals surface area contributed by atoms with E-state index in [0.717, 1.165) is 49.5 Å². The minimum Gasteiger partial charge on any atom is -1.00 e. The number of halogens is 1. The molecule has 0 rings (SSSR count). The standard InChI is InChI=1S/C37H74N2O2.ClH/c1-35(2)31-27-23-19-15-11-8-9-12-16-20-24-28-32-36(40)38-34-30-26-22-18-14-10-6-5-7-13-17-21-25-29-33-37(41)39(3)4;/h35H,5-34H2,1-4H3,(H,38,40);1H. The van der Waals surface area contributed by atoms with Crippen LogP contribution in [-0.2, 0) is 9.59 Å². The van der Waals surface area contributed by atoms with Crippen molar-refractivity contribution in [2.45, 2.75) is 200 Å². The van der Waals surface area contributed by atoms with Gasteiger partial charge in [0.25, 0.3) is 0 Å². The number of amides is 2. The minimum atomic E-state index is 0. The lowest BCUT2D eigenvalue weighted by atomic mass is 10.0. The smallest absolute Gasteiger partial charge is 0.311 e. The molecule has 0 radical (unpaired) electrons. The maximum absolute atomic E-state index is 12.0. The number of quaternary nitrogens is 1. The van der Waals surface area contributed by atoms with E-state index in [2.05, 4.69) is 19.2 Å². The molecule has 0 aromatic carbocycles. The summed E-state index contributed by atoms with van der Waals surface area (Å²) in [6.07, 6.45) is 37.3. The van der Waals surface area contributed by atoms with Gasteiger partial charge in [0.15, 0.2) is 0 Å². The van der Waals surface area contributed by atoms with Crippen molar-refractivity contribution in [2.24, 2.45) is 5.92 Å². The molecule has 252 valence electrons. The first-order valence-corrected chi connectivity index (χ1v) is 18.5. The van der Waals surface area contributed by atoms with E-state index in [0.29, 0.717) is 5.91 Å². The third-order valence-electron chi connectivity index (χ3n) is 8.65. The molecule has 0 aromatic rings. The molecule has 0 saturated heterocycles. The van der Waals surface area contributed by atoms with Crippen LogP contribution in [0.15, 0.2) is 0 Å². The van der Waals surface area contributed by atoms with Crippen LogP contribution in [0, 0.1) is 5.92 Å². The summed E-state index contributed by atoms with van der Waals surface area (Å²) < 4.78 is 0. The van der Waals surface area contributed by atoms with Crippen LogP contribution in [0.1, 0.15) is 200 Å². The molecule has 0 spiro atoms. The molecule has 0 atom stereocenters. The zero-order chi connectivity index (χ0) is 30.2. The van der Waals surface area contributed by atoms with Crippen molar-refractivity contribution in [1.29, 1.82) is 0 Å². The molecule has 42 heavy (non-hydrogen) atoms. The summed E-state index contributed by atoms with van der Waals surface area (Å²) in [6, 6.07) is 0. The van der Waals surface area contributed by atoms with Gasteiger partial charge in [0, 0.05) is 13.0 Å². The van der Waals surface area contributed by atoms with Gasteiger partial charge in [0.05, 0.1) is 20.5 Å². The molecule has 0 unspecified atom stereocenters. The van der Waals surface area contributed by atoms with E-state index in [1.807, 2.05) is 14.1 Å². The molecular formula is C37H75ClN2O2. The fraction of sp³-hybridized carbons (Fsp3) is 0.946. The van der Waals surface area contributed by atoms with E-state index in [-0.39, 0.29) is 18.3 Å². The van der Waals surface area contributed by atoms with E-state index in [4.69, 9.17) is 0 Å². The highest BCUT2D eigenvalue weighted by molar-refractivity contribution is 5.75. The maximum Gasteiger partial charge on any atom is 0.311 e. The Bertz CT molecular complexity index is 568. The molecule has 2 N–H and O–H groups in total. The van der Waals surface area contributed by atoms with Gasteiger partial charge in [-0.15, -0.1) is 0 Å². The fourth-order valence-electron chi connectivity index (χ4n) is 5.70. The van der Waals surface area contributed by atoms with Crippen LogP contribution >= 0.6 is 0 Å². The van der Waals surface area contributed by atoms with Crippen LogP contribution in [0.2, 0.25) is 0 Å². The summed E-state index contributed by atoms with van der Waals surface area (Å²) in [6.45, 7) is 5.52. The summed E-state index contributed by atoms with van der Waals surface area (Å²) in [5.74, 6) is 1.47. The van der Waals surface area contributed by atoms with Gasteiger partial charge in [-0.25, -0.2) is 4.79 Å². The lowest BCUT2D eigenvalue weighted by Gasteiger charge is -2.06. The van der Waals surface area contributed by atoms with Crippen LogP contribution in [0.5, 0.6) is 0 Å². The first-order chi connectivity index (χ1) is 19.9. The number of unbranched alkanes of at least 4 members (excludes halogenated alkanes) is 24. The van der Waals surface area contributed by atoms with Crippen molar-refractivity contribution in [1.82, 2.24) is 5.32 Å². The van der Waals surface area contributed by atoms with E-state index >= 15 is 0 Å². The number of carbonyl (C=O) groups is 2. The molecule has 0 bridgehead atoms. The Morgan fingerprint density at radius 2 is 0.786 bits per heavy atom. The Balaban J connectivity index is 0. The van der Waals surface area contributed by atoms with Crippen LogP contribution < -0.4 is 22.6 Å². The number of carbonyl (C=O) groups excluding carboxylic acids is 2. The Hall–Kier alpha value is -0.610. The third kappa shape index (κ3) is 35.6. The number of hydrogen-bond acceptors (Lipinski definition) is 2. The van der Waals surface area contributed by atoms with Crippen LogP contribution in [-0.4, -0.2) is 32.5 Å². The van der Waals surface area contributed by atoms with E-state index in [1.165, 1.54) is 154 Å². The number of nitrogens with one attached hydrogen (secondary N) is 2. The summed E-state index contributed by atoms with van der Waals surface area (Å²) >= 11 is 0. The molecule has 0 aliphatic carbocycles. The number of hydrogen-bond donors (Lipinski definition) is 2. The number of rotatable bonds is 32. The largest absolute Gasteiger partial charge is 1.00 e. The van der Waals surface area contributed by atoms with Gasteiger partial charge in [0.1, 0.15) is 0 Å². The van der Waals surface area contributed by atoms with Gasteiger partial charge in [-0.3, -0.25) is 9.69 Å². The van der Waals surface area contributed by atoms with Gasteiger partial charge < -0.3 is 17.7 Å². The highest BCUT2D eigenvalue weighted by Gasteiger charge is 2.07. The molecule has 0 aromatic heterocycles. The molecule has 0 aliphatic rings. The van der Waals surface area contributed by atoms with Crippen LogP contribution in [0.3, 0.4) is 0 Å². The van der Waals surface area contributed by atoms with E-state index in [9.17, 15) is 9.59 Å². The summed E-state index contributed by atoms with van der Waals surface area (Å²) in [7, 11) is 3.85. The molecule has 0 saturated carbocycles. The van der Waals surface area contributed by atoms with Gasteiger partial charge in [-0.1, -0.05) is 168 Å². The average molecular weight is 615 g/mol. The summed E-state index contributed by atoms with van der Waals surface area (Å²) in [4.78, 5) is 24.6. The average Bonchev–Trinajstić information content (AvgIpc) is 2.94. The van der Waals surface area contributed by atoms with Crippen molar-refractivity contribution in [3.05, 3.63) is 0 Å². The zero-order valence-corrected chi connectivity index (χ0v) is 29.7. The maximum atomic E-state index is 12.0. The molecule has 0 fully saturated rings. The molecule has 4 nitrogen and oxygen atoms in total. The molecule has 2 amide bonds. The van der Waals surface area contributed by atoms with Crippen molar-refractivity contribution in [3.63, 3.8) is 0 Å². The van der Waals surface area contributed by atoms with Crippen molar-refractivity contribution in [3.8, 4) is 0 Å². The van der Waals surface area contributed by atoms with Crippen molar-refractivity contribution in [2.75, 3.05) is 20.6 Å². The van der Waals surface area contributed by atoms with Gasteiger partial charge in [0.2, 0.25) is 5.91 Å². The second-order valence-corrected chi connectivity index (χ2v) is 13.6. The Morgan fingerprint density at radius 3 is 1.14 bits per heavy atom. The highest BCUT2D eigenvalue weighted by Crippen LogP contribution is 2.15. The van der Waals surface area contributed by atoms with E-state index < -0.39 is 0 Å². The lowest BCUT2D eigenvalue weighted by molar-refractivity contribution is -0.775. The quantitative estimate of drug-likeness (QED) is 0.0824. The van der Waals surface area contributed by atoms with Crippen LogP contribution in [0.4, 0.5) is 0 Å². The van der Waals surface area contributed by atoms with E-state index in [1.54, 1.807) is 0 Å². The Kier molecular flexibility index (Phi) is 36.1. The fourth-order valence-corrected chi connectivity index (χ4v) is 5.70. The predicted octanol–water partition coefficient (Wildman–Crippen LogP) is 6.75. The third-order valence-corrected chi connectivity index (χ3v) is 8.65. The van der Waals surface area contributed by atoms with Gasteiger partial charge >= 0.3 is 5.91 Å². The zero-order valence-electron chi connectivity index (χ0n) is 29.0. The SMILES string of the molecule is CC(C)CCCCCCCCCCCCCCC(=O)NCCCCCCCCCCCCCCCCC(=O)[NH+](C)C.[Cl-]. The molecule has 0 heterocycles. The minimum absolute atomic E-state index is 0. The van der Waals surface area contributed by atoms with Crippen LogP contribution in [0.25, 0.3) is 0 Å². The monoisotopic (exact) mass is 615 g/mol. The highest BCUT2D eigenvalue weighted by atomic mass is 35.5. The van der Waals surface area contributed by atoms with Crippen molar-refractivity contribution < 1.29 is 26.9 Å².